The van der Waals surface area contributed by atoms with Crippen molar-refractivity contribution in [1.82, 2.24) is 9.78 Å². The van der Waals surface area contributed by atoms with Gasteiger partial charge in [0.15, 0.2) is 12.3 Å². The Hall–Kier alpha value is -1.74. The number of carbonyl (C=O) groups is 1. The van der Waals surface area contributed by atoms with E-state index in [1.54, 1.807) is 0 Å². The Morgan fingerprint density at radius 3 is 2.63 bits per heavy atom. The number of hydrogen-bond acceptors (Lipinski definition) is 5. The smallest absolute Gasteiger partial charge is 0.404 e. The molecule has 0 fully saturated rings. The normalized spacial score (nSPS) is 11.5. The monoisotopic (exact) mass is 287 g/mol. The highest BCUT2D eigenvalue weighted by Gasteiger charge is 2.26. The van der Waals surface area contributed by atoms with Crippen LogP contribution in [0.3, 0.4) is 0 Å². The minimum absolute atomic E-state index is 0.0125. The number of rotatable bonds is 7. The maximum atomic E-state index is 10.8. The highest BCUT2D eigenvalue weighted by molar-refractivity contribution is 6.76. The number of nitrogens with zero attached hydrogens (tertiary/aromatic N) is 3. The number of carboxylic acid groups (broad SMARTS) is 1. The SMILES string of the molecule is C[Si](C)(C)CCOCn1cc(C(=O)O)c([N+](=O)[O-])n1. The van der Waals surface area contributed by atoms with Gasteiger partial charge in [0.1, 0.15) is 0 Å². The summed E-state index contributed by atoms with van der Waals surface area (Å²) in [6, 6.07) is 0.960. The molecule has 0 unspecified atom stereocenters. The van der Waals surface area contributed by atoms with Gasteiger partial charge in [-0.2, -0.15) is 4.68 Å². The fraction of sp³-hybridized carbons (Fsp3) is 0.600. The van der Waals surface area contributed by atoms with Gasteiger partial charge in [0.05, 0.1) is 11.3 Å². The van der Waals surface area contributed by atoms with Crippen LogP contribution in [0.4, 0.5) is 5.82 Å². The molecule has 1 aromatic rings. The molecule has 1 rings (SSSR count). The second-order valence-corrected chi connectivity index (χ2v) is 10.9. The van der Waals surface area contributed by atoms with Gasteiger partial charge in [0.25, 0.3) is 0 Å². The average molecular weight is 287 g/mol. The molecule has 9 heteroatoms. The first kappa shape index (κ1) is 15.3. The molecule has 0 aliphatic carbocycles. The third-order valence-corrected chi connectivity index (χ3v) is 4.07. The third kappa shape index (κ3) is 4.79. The lowest BCUT2D eigenvalue weighted by atomic mass is 10.3. The van der Waals surface area contributed by atoms with Gasteiger partial charge in [-0.25, -0.2) is 4.79 Å². The maximum absolute atomic E-state index is 10.8. The number of aromatic nitrogens is 2. The maximum Gasteiger partial charge on any atom is 0.404 e. The second kappa shape index (κ2) is 5.93. The van der Waals surface area contributed by atoms with Crippen molar-refractivity contribution in [1.29, 1.82) is 0 Å². The van der Waals surface area contributed by atoms with Crippen LogP contribution in [0.25, 0.3) is 0 Å². The minimum Gasteiger partial charge on any atom is -0.477 e. The van der Waals surface area contributed by atoms with Gasteiger partial charge in [-0.1, -0.05) is 19.6 Å². The number of aromatic carboxylic acids is 1. The predicted molar refractivity (Wildman–Crippen MR) is 69.9 cm³/mol. The van der Waals surface area contributed by atoms with Crippen molar-refractivity contribution in [2.24, 2.45) is 0 Å². The van der Waals surface area contributed by atoms with Crippen LogP contribution in [0.5, 0.6) is 0 Å². The van der Waals surface area contributed by atoms with Crippen LogP contribution in [0.15, 0.2) is 6.20 Å². The van der Waals surface area contributed by atoms with E-state index in [0.717, 1.165) is 16.9 Å². The molecule has 0 saturated carbocycles. The van der Waals surface area contributed by atoms with E-state index in [9.17, 15) is 14.9 Å². The summed E-state index contributed by atoms with van der Waals surface area (Å²) in [5, 5.41) is 23.0. The first-order valence-electron chi connectivity index (χ1n) is 5.73. The zero-order valence-electron chi connectivity index (χ0n) is 11.1. The van der Waals surface area contributed by atoms with E-state index in [1.807, 2.05) is 0 Å². The zero-order valence-corrected chi connectivity index (χ0v) is 12.1. The molecule has 0 aliphatic heterocycles. The Labute approximate surface area is 111 Å². The van der Waals surface area contributed by atoms with Crippen molar-refractivity contribution < 1.29 is 19.6 Å². The van der Waals surface area contributed by atoms with Crippen LogP contribution >= 0.6 is 0 Å². The van der Waals surface area contributed by atoms with Crippen molar-refractivity contribution in [2.75, 3.05) is 6.61 Å². The number of nitro groups is 1. The Bertz CT molecular complexity index is 448. The van der Waals surface area contributed by atoms with Crippen LogP contribution in [-0.2, 0) is 11.5 Å². The third-order valence-electron chi connectivity index (χ3n) is 2.37. The van der Waals surface area contributed by atoms with Gasteiger partial charge < -0.3 is 20.0 Å². The van der Waals surface area contributed by atoms with Crippen LogP contribution < -0.4 is 0 Å². The fourth-order valence-electron chi connectivity index (χ4n) is 1.30. The predicted octanol–water partition coefficient (Wildman–Crippen LogP) is 1.80. The van der Waals surface area contributed by atoms with E-state index in [0.29, 0.717) is 6.61 Å². The van der Waals surface area contributed by atoms with Crippen molar-refractivity contribution >= 4 is 19.9 Å². The molecule has 8 nitrogen and oxygen atoms in total. The summed E-state index contributed by atoms with van der Waals surface area (Å²) in [5.74, 6) is -2.04. The molecule has 1 heterocycles. The summed E-state index contributed by atoms with van der Waals surface area (Å²) in [6.07, 6.45) is 1.11. The quantitative estimate of drug-likeness (QED) is 0.354. The van der Waals surface area contributed by atoms with Crippen molar-refractivity contribution in [3.8, 4) is 0 Å². The van der Waals surface area contributed by atoms with E-state index < -0.39 is 30.3 Å². The van der Waals surface area contributed by atoms with Gasteiger partial charge in [0, 0.05) is 14.7 Å². The lowest BCUT2D eigenvalue weighted by molar-refractivity contribution is -0.390. The second-order valence-electron chi connectivity index (χ2n) is 5.32. The average Bonchev–Trinajstić information content (AvgIpc) is 2.67. The van der Waals surface area contributed by atoms with Gasteiger partial charge >= 0.3 is 11.8 Å². The zero-order chi connectivity index (χ0) is 14.6. The van der Waals surface area contributed by atoms with E-state index in [4.69, 9.17) is 9.84 Å². The van der Waals surface area contributed by atoms with Gasteiger partial charge in [-0.05, 0) is 11.0 Å². The molecular formula is C10H17N3O5Si. The van der Waals surface area contributed by atoms with E-state index in [2.05, 4.69) is 24.7 Å². The van der Waals surface area contributed by atoms with Crippen molar-refractivity contribution in [3.63, 3.8) is 0 Å². The summed E-state index contributed by atoms with van der Waals surface area (Å²) < 4.78 is 6.47. The van der Waals surface area contributed by atoms with Crippen LogP contribution in [-0.4, -0.2) is 40.5 Å². The molecule has 0 radical (unpaired) electrons. The van der Waals surface area contributed by atoms with Gasteiger partial charge in [0.2, 0.25) is 0 Å². The fourth-order valence-corrected chi connectivity index (χ4v) is 2.06. The Balaban J connectivity index is 2.63. The van der Waals surface area contributed by atoms with Crippen LogP contribution in [0, 0.1) is 10.1 Å². The van der Waals surface area contributed by atoms with E-state index >= 15 is 0 Å². The van der Waals surface area contributed by atoms with Crippen molar-refractivity contribution in [2.45, 2.75) is 32.4 Å². The van der Waals surface area contributed by atoms with E-state index in [1.165, 1.54) is 0 Å². The highest BCUT2D eigenvalue weighted by Crippen LogP contribution is 2.15. The molecule has 19 heavy (non-hydrogen) atoms. The first-order chi connectivity index (χ1) is 8.70. The largest absolute Gasteiger partial charge is 0.477 e. The van der Waals surface area contributed by atoms with Gasteiger partial charge in [-0.15, -0.1) is 0 Å². The first-order valence-corrected chi connectivity index (χ1v) is 9.44. The molecule has 1 N–H and O–H groups in total. The molecule has 0 aliphatic rings. The molecule has 0 saturated heterocycles. The molecule has 0 aromatic carbocycles. The minimum atomic E-state index is -1.37. The molecule has 0 atom stereocenters. The summed E-state index contributed by atoms with van der Waals surface area (Å²) in [4.78, 5) is 20.6. The Morgan fingerprint density at radius 2 is 2.21 bits per heavy atom. The van der Waals surface area contributed by atoms with Gasteiger partial charge in [-0.3, -0.25) is 0 Å². The lowest BCUT2D eigenvalue weighted by Crippen LogP contribution is -2.22. The van der Waals surface area contributed by atoms with Crippen molar-refractivity contribution in [3.05, 3.63) is 21.9 Å². The summed E-state index contributed by atoms with van der Waals surface area (Å²) in [7, 11) is -1.19. The number of carboxylic acids is 1. The standard InChI is InChI=1S/C10H17N3O5Si/c1-19(2,3)5-4-18-7-12-6-8(10(14)15)9(11-12)13(16)17/h6H,4-5,7H2,1-3H3,(H,14,15). The summed E-state index contributed by atoms with van der Waals surface area (Å²) >= 11 is 0. The Morgan fingerprint density at radius 1 is 1.58 bits per heavy atom. The van der Waals surface area contributed by atoms with Crippen LogP contribution in [0.2, 0.25) is 25.7 Å². The Kier molecular flexibility index (Phi) is 4.78. The molecule has 0 spiro atoms. The molecule has 1 aromatic heterocycles. The van der Waals surface area contributed by atoms with Crippen LogP contribution in [0.1, 0.15) is 10.4 Å². The lowest BCUT2D eigenvalue weighted by Gasteiger charge is -2.14. The molecule has 0 bridgehead atoms. The molecule has 106 valence electrons. The topological polar surface area (TPSA) is 107 Å². The molecule has 0 amide bonds. The highest BCUT2D eigenvalue weighted by atomic mass is 28.3. The summed E-state index contributed by atoms with van der Waals surface area (Å²) in [6.45, 7) is 7.16. The van der Waals surface area contributed by atoms with E-state index in [-0.39, 0.29) is 6.73 Å². The summed E-state index contributed by atoms with van der Waals surface area (Å²) in [5.41, 5.74) is -0.432. The number of ether oxygens (including phenoxy) is 1. The molecular weight excluding hydrogens is 270 g/mol. The number of hydrogen-bond donors (Lipinski definition) is 1.